The zero-order chi connectivity index (χ0) is 18.9. The smallest absolute Gasteiger partial charge is 0.191 e. The number of guanidine groups is 1. The van der Waals surface area contributed by atoms with Gasteiger partial charge in [-0.05, 0) is 30.5 Å². The van der Waals surface area contributed by atoms with Gasteiger partial charge in [0.05, 0.1) is 12.9 Å². The van der Waals surface area contributed by atoms with Crippen molar-refractivity contribution in [2.45, 2.75) is 33.5 Å². The number of nitrogens with zero attached hydrogens (tertiary/aromatic N) is 3. The topological polar surface area (TPSA) is 54.2 Å². The van der Waals surface area contributed by atoms with Gasteiger partial charge in [0.15, 0.2) is 5.96 Å². The molecule has 3 aromatic rings. The SMILES string of the molecule is CCNC(=NCc1cccc(C)c1)NCc1cccc(Cn2ccnc2)c1. The Hall–Kier alpha value is -3.08. The highest BCUT2D eigenvalue weighted by Gasteiger charge is 2.01. The van der Waals surface area contributed by atoms with E-state index in [2.05, 4.69) is 82.6 Å². The molecular weight excluding hydrogens is 334 g/mol. The molecule has 0 atom stereocenters. The van der Waals surface area contributed by atoms with Gasteiger partial charge < -0.3 is 15.2 Å². The maximum Gasteiger partial charge on any atom is 0.191 e. The van der Waals surface area contributed by atoms with Crippen LogP contribution in [0.3, 0.4) is 0 Å². The zero-order valence-corrected chi connectivity index (χ0v) is 16.0. The molecule has 1 heterocycles. The first-order valence-electron chi connectivity index (χ1n) is 9.34. The van der Waals surface area contributed by atoms with Gasteiger partial charge in [0.25, 0.3) is 0 Å². The minimum Gasteiger partial charge on any atom is -0.357 e. The molecule has 1 aromatic heterocycles. The monoisotopic (exact) mass is 361 g/mol. The first-order valence-corrected chi connectivity index (χ1v) is 9.34. The molecule has 140 valence electrons. The van der Waals surface area contributed by atoms with Crippen molar-refractivity contribution in [3.63, 3.8) is 0 Å². The predicted octanol–water partition coefficient (Wildman–Crippen LogP) is 3.50. The van der Waals surface area contributed by atoms with Crippen LogP contribution >= 0.6 is 0 Å². The quantitative estimate of drug-likeness (QED) is 0.500. The van der Waals surface area contributed by atoms with Gasteiger partial charge in [-0.15, -0.1) is 0 Å². The zero-order valence-electron chi connectivity index (χ0n) is 16.0. The van der Waals surface area contributed by atoms with Crippen LogP contribution < -0.4 is 10.6 Å². The number of hydrogen-bond acceptors (Lipinski definition) is 2. The fourth-order valence-electron chi connectivity index (χ4n) is 2.94. The molecule has 5 nitrogen and oxygen atoms in total. The van der Waals surface area contributed by atoms with Crippen LogP contribution in [0.1, 0.15) is 29.2 Å². The fourth-order valence-corrected chi connectivity index (χ4v) is 2.94. The van der Waals surface area contributed by atoms with Crippen LogP contribution in [0.4, 0.5) is 0 Å². The van der Waals surface area contributed by atoms with Crippen LogP contribution in [-0.2, 0) is 19.6 Å². The van der Waals surface area contributed by atoms with Crippen molar-refractivity contribution in [1.82, 2.24) is 20.2 Å². The first kappa shape index (κ1) is 18.7. The number of benzene rings is 2. The second kappa shape index (κ2) is 9.57. The third-order valence-electron chi connectivity index (χ3n) is 4.22. The first-order chi connectivity index (χ1) is 13.2. The Morgan fingerprint density at radius 2 is 1.85 bits per heavy atom. The van der Waals surface area contributed by atoms with Crippen molar-refractivity contribution in [2.75, 3.05) is 6.54 Å². The summed E-state index contributed by atoms with van der Waals surface area (Å²) in [6.45, 7) is 7.24. The normalized spacial score (nSPS) is 11.4. The van der Waals surface area contributed by atoms with E-state index in [1.807, 2.05) is 12.5 Å². The van der Waals surface area contributed by atoms with Gasteiger partial charge >= 0.3 is 0 Å². The average Bonchev–Trinajstić information content (AvgIpc) is 3.17. The van der Waals surface area contributed by atoms with E-state index in [0.29, 0.717) is 6.54 Å². The molecule has 0 fully saturated rings. The second-order valence-corrected chi connectivity index (χ2v) is 6.59. The average molecular weight is 361 g/mol. The molecule has 0 radical (unpaired) electrons. The number of rotatable bonds is 7. The molecule has 0 bridgehead atoms. The minimum atomic E-state index is 0.664. The maximum absolute atomic E-state index is 4.71. The van der Waals surface area contributed by atoms with E-state index in [4.69, 9.17) is 4.99 Å². The lowest BCUT2D eigenvalue weighted by Crippen LogP contribution is -2.36. The molecule has 0 unspecified atom stereocenters. The summed E-state index contributed by atoms with van der Waals surface area (Å²) in [7, 11) is 0. The van der Waals surface area contributed by atoms with E-state index < -0.39 is 0 Å². The highest BCUT2D eigenvalue weighted by atomic mass is 15.2. The highest BCUT2D eigenvalue weighted by Crippen LogP contribution is 2.08. The molecule has 0 aliphatic carbocycles. The molecular formula is C22H27N5. The lowest BCUT2D eigenvalue weighted by molar-refractivity contribution is 0.788. The van der Waals surface area contributed by atoms with Crippen LogP contribution in [0.15, 0.2) is 72.2 Å². The standard InChI is InChI=1S/C22H27N5/c1-3-24-22(25-14-19-7-4-6-18(2)12-19)26-15-20-8-5-9-21(13-20)16-27-11-10-23-17-27/h4-13,17H,3,14-16H2,1-2H3,(H2,24,25,26). The summed E-state index contributed by atoms with van der Waals surface area (Å²) < 4.78 is 2.07. The maximum atomic E-state index is 4.71. The Bertz CT molecular complexity index is 868. The Balaban J connectivity index is 1.61. The molecule has 0 amide bonds. The summed E-state index contributed by atoms with van der Waals surface area (Å²) >= 11 is 0. The van der Waals surface area contributed by atoms with Gasteiger partial charge in [-0.3, -0.25) is 0 Å². The van der Waals surface area contributed by atoms with Crippen LogP contribution in [0.2, 0.25) is 0 Å². The lowest BCUT2D eigenvalue weighted by Gasteiger charge is -2.12. The molecule has 0 saturated carbocycles. The molecule has 2 aromatic carbocycles. The van der Waals surface area contributed by atoms with Crippen molar-refractivity contribution in [3.8, 4) is 0 Å². The largest absolute Gasteiger partial charge is 0.357 e. The Morgan fingerprint density at radius 1 is 1.04 bits per heavy atom. The third kappa shape index (κ3) is 5.99. The molecule has 0 aliphatic rings. The molecule has 5 heteroatoms. The van der Waals surface area contributed by atoms with Crippen molar-refractivity contribution in [1.29, 1.82) is 0 Å². The number of hydrogen-bond donors (Lipinski definition) is 2. The van der Waals surface area contributed by atoms with Crippen molar-refractivity contribution in [2.24, 2.45) is 4.99 Å². The third-order valence-corrected chi connectivity index (χ3v) is 4.22. The number of aryl methyl sites for hydroxylation is 1. The van der Waals surface area contributed by atoms with Crippen molar-refractivity contribution in [3.05, 3.63) is 89.5 Å². The van der Waals surface area contributed by atoms with E-state index in [1.54, 1.807) is 6.20 Å². The van der Waals surface area contributed by atoms with Gasteiger partial charge in [-0.25, -0.2) is 9.98 Å². The molecule has 2 N–H and O–H groups in total. The second-order valence-electron chi connectivity index (χ2n) is 6.59. The lowest BCUT2D eigenvalue weighted by atomic mass is 10.1. The van der Waals surface area contributed by atoms with Crippen molar-refractivity contribution >= 4 is 5.96 Å². The van der Waals surface area contributed by atoms with Gasteiger partial charge in [-0.2, -0.15) is 0 Å². The highest BCUT2D eigenvalue weighted by molar-refractivity contribution is 5.79. The number of nitrogens with one attached hydrogen (secondary N) is 2. The Kier molecular flexibility index (Phi) is 6.63. The van der Waals surface area contributed by atoms with Crippen LogP contribution in [0.5, 0.6) is 0 Å². The predicted molar refractivity (Wildman–Crippen MR) is 111 cm³/mol. The summed E-state index contributed by atoms with van der Waals surface area (Å²) in [6.07, 6.45) is 5.62. The van der Waals surface area contributed by atoms with Gasteiger partial charge in [-0.1, -0.05) is 54.1 Å². The molecule has 27 heavy (non-hydrogen) atoms. The molecule has 0 aliphatic heterocycles. The van der Waals surface area contributed by atoms with E-state index in [-0.39, 0.29) is 0 Å². The number of aliphatic imine (C=N–C) groups is 1. The van der Waals surface area contributed by atoms with Crippen molar-refractivity contribution < 1.29 is 0 Å². The van der Waals surface area contributed by atoms with E-state index in [9.17, 15) is 0 Å². The molecule has 0 spiro atoms. The van der Waals surface area contributed by atoms with Crippen LogP contribution in [0, 0.1) is 6.92 Å². The van der Waals surface area contributed by atoms with Gasteiger partial charge in [0.2, 0.25) is 0 Å². The number of imidazole rings is 1. The van der Waals surface area contributed by atoms with E-state index in [1.165, 1.54) is 22.3 Å². The summed E-state index contributed by atoms with van der Waals surface area (Å²) in [5, 5.41) is 6.74. The molecule has 3 rings (SSSR count). The van der Waals surface area contributed by atoms with E-state index in [0.717, 1.165) is 25.6 Å². The van der Waals surface area contributed by atoms with Gasteiger partial charge in [0.1, 0.15) is 0 Å². The summed E-state index contributed by atoms with van der Waals surface area (Å²) in [5.74, 6) is 0.832. The fraction of sp³-hybridized carbons (Fsp3) is 0.273. The van der Waals surface area contributed by atoms with Crippen LogP contribution in [-0.4, -0.2) is 22.1 Å². The minimum absolute atomic E-state index is 0.664. The van der Waals surface area contributed by atoms with Gasteiger partial charge in [0, 0.05) is 32.0 Å². The number of aromatic nitrogens is 2. The van der Waals surface area contributed by atoms with E-state index >= 15 is 0 Å². The summed E-state index contributed by atoms with van der Waals surface area (Å²) in [4.78, 5) is 8.80. The summed E-state index contributed by atoms with van der Waals surface area (Å²) in [5.41, 5.74) is 4.97. The summed E-state index contributed by atoms with van der Waals surface area (Å²) in [6, 6.07) is 17.1. The molecule has 0 saturated heterocycles. The van der Waals surface area contributed by atoms with Crippen LogP contribution in [0.25, 0.3) is 0 Å². The Labute approximate surface area is 161 Å². The Morgan fingerprint density at radius 3 is 2.63 bits per heavy atom.